The monoisotopic (exact) mass is 359 g/mol. The highest BCUT2D eigenvalue weighted by molar-refractivity contribution is 8.00. The number of anilines is 1. The van der Waals surface area contributed by atoms with Crippen LogP contribution in [0.15, 0.2) is 29.2 Å². The van der Waals surface area contributed by atoms with Crippen LogP contribution in [-0.4, -0.2) is 48.7 Å². The van der Waals surface area contributed by atoms with Crippen molar-refractivity contribution in [1.82, 2.24) is 10.2 Å². The summed E-state index contributed by atoms with van der Waals surface area (Å²) in [6, 6.07) is 8.61. The largest absolute Gasteiger partial charge is 0.507 e. The van der Waals surface area contributed by atoms with Gasteiger partial charge in [-0.05, 0) is 47.8 Å². The Morgan fingerprint density at radius 3 is 2.56 bits per heavy atom. The molecule has 0 amide bonds. The van der Waals surface area contributed by atoms with E-state index in [1.807, 2.05) is 30.8 Å². The Kier molecular flexibility index (Phi) is 5.46. The van der Waals surface area contributed by atoms with E-state index < -0.39 is 0 Å². The Labute approximate surface area is 155 Å². The van der Waals surface area contributed by atoms with Gasteiger partial charge in [-0.3, -0.25) is 5.32 Å². The van der Waals surface area contributed by atoms with Crippen molar-refractivity contribution in [1.29, 1.82) is 0 Å². The third-order valence-electron chi connectivity index (χ3n) is 4.63. The van der Waals surface area contributed by atoms with Crippen molar-refractivity contribution in [3.8, 4) is 5.75 Å². The molecule has 0 saturated heterocycles. The Hall–Kier alpha value is -1.43. The van der Waals surface area contributed by atoms with Crippen LogP contribution in [0.25, 0.3) is 10.8 Å². The molecule has 0 saturated carbocycles. The van der Waals surface area contributed by atoms with Crippen LogP contribution in [0.2, 0.25) is 0 Å². The first kappa shape index (κ1) is 18.4. The van der Waals surface area contributed by atoms with Gasteiger partial charge < -0.3 is 14.9 Å². The maximum atomic E-state index is 10.7. The molecule has 0 aromatic heterocycles. The van der Waals surface area contributed by atoms with Gasteiger partial charge in [-0.25, -0.2) is 0 Å². The van der Waals surface area contributed by atoms with Gasteiger partial charge >= 0.3 is 0 Å². The number of phenolic OH excluding ortho intramolecular Hbond substituents is 1. The van der Waals surface area contributed by atoms with Crippen LogP contribution in [0.4, 0.5) is 5.69 Å². The minimum Gasteiger partial charge on any atom is -0.507 e. The first-order valence-electron chi connectivity index (χ1n) is 8.98. The van der Waals surface area contributed by atoms with Crippen LogP contribution in [0.1, 0.15) is 25.8 Å². The molecule has 1 aliphatic rings. The topological polar surface area (TPSA) is 38.7 Å². The van der Waals surface area contributed by atoms with Crippen LogP contribution in [0, 0.1) is 6.92 Å². The van der Waals surface area contributed by atoms with E-state index in [9.17, 15) is 5.11 Å². The summed E-state index contributed by atoms with van der Waals surface area (Å²) in [5.74, 6) is 0.417. The molecule has 3 rings (SSSR count). The fourth-order valence-corrected chi connectivity index (χ4v) is 4.94. The summed E-state index contributed by atoms with van der Waals surface area (Å²) in [7, 11) is 4.24. The van der Waals surface area contributed by atoms with Gasteiger partial charge in [-0.1, -0.05) is 36.0 Å². The molecule has 4 nitrogen and oxygen atoms in total. The third kappa shape index (κ3) is 3.59. The van der Waals surface area contributed by atoms with Gasteiger partial charge in [-0.2, -0.15) is 0 Å². The molecule has 2 aromatic rings. The van der Waals surface area contributed by atoms with Gasteiger partial charge in [0.25, 0.3) is 0 Å². The molecule has 1 heterocycles. The third-order valence-corrected chi connectivity index (χ3v) is 5.98. The Morgan fingerprint density at radius 2 is 1.92 bits per heavy atom. The summed E-state index contributed by atoms with van der Waals surface area (Å²) in [6.45, 7) is 8.47. The van der Waals surface area contributed by atoms with Gasteiger partial charge in [-0.15, -0.1) is 0 Å². The van der Waals surface area contributed by atoms with E-state index in [4.69, 9.17) is 0 Å². The van der Waals surface area contributed by atoms with Crippen LogP contribution < -0.4 is 10.2 Å². The summed E-state index contributed by atoms with van der Waals surface area (Å²) in [5, 5.41) is 16.4. The molecule has 0 radical (unpaired) electrons. The number of benzene rings is 2. The minimum absolute atomic E-state index is 0.209. The van der Waals surface area contributed by atoms with Gasteiger partial charge in [0, 0.05) is 33.8 Å². The van der Waals surface area contributed by atoms with E-state index in [0.717, 1.165) is 35.8 Å². The van der Waals surface area contributed by atoms with Crippen LogP contribution >= 0.6 is 11.8 Å². The molecular weight excluding hydrogens is 330 g/mol. The maximum absolute atomic E-state index is 10.7. The molecule has 1 atom stereocenters. The highest BCUT2D eigenvalue weighted by Crippen LogP contribution is 2.51. The second-order valence-corrected chi connectivity index (χ2v) is 8.43. The SMILES string of the molecule is Cc1c2c(c3ccccc3c1O)N(CCCN(C)C)C(NC(C)C)S2. The van der Waals surface area contributed by atoms with Gasteiger partial charge in [0.15, 0.2) is 0 Å². The zero-order valence-corrected chi connectivity index (χ0v) is 16.7. The van der Waals surface area contributed by atoms with Crippen molar-refractivity contribution >= 4 is 28.2 Å². The normalized spacial score (nSPS) is 17.1. The number of fused-ring (bicyclic) bond motifs is 3. The van der Waals surface area contributed by atoms with Gasteiger partial charge in [0.2, 0.25) is 0 Å². The molecule has 5 heteroatoms. The van der Waals surface area contributed by atoms with E-state index in [0.29, 0.717) is 11.8 Å². The number of rotatable bonds is 6. The highest BCUT2D eigenvalue weighted by Gasteiger charge is 2.34. The van der Waals surface area contributed by atoms with Crippen LogP contribution in [0.5, 0.6) is 5.75 Å². The fraction of sp³-hybridized carbons (Fsp3) is 0.500. The predicted octanol–water partition coefficient (Wildman–Crippen LogP) is 4.00. The Balaban J connectivity index is 2.06. The molecule has 0 bridgehead atoms. The minimum atomic E-state index is 0.209. The molecular formula is C20H29N3OS. The van der Waals surface area contributed by atoms with Crippen LogP contribution in [-0.2, 0) is 0 Å². The second kappa shape index (κ2) is 7.44. The quantitative estimate of drug-likeness (QED) is 0.816. The summed E-state index contributed by atoms with van der Waals surface area (Å²) in [4.78, 5) is 5.92. The summed E-state index contributed by atoms with van der Waals surface area (Å²) >= 11 is 1.83. The van der Waals surface area contributed by atoms with E-state index in [1.54, 1.807) is 0 Å². The first-order chi connectivity index (χ1) is 11.9. The zero-order valence-electron chi connectivity index (χ0n) is 15.8. The summed E-state index contributed by atoms with van der Waals surface area (Å²) in [6.07, 6.45) is 1.11. The number of phenols is 1. The molecule has 1 aliphatic heterocycles. The standard InChI is InChI=1S/C20H29N3OS/c1-13(2)21-20-23(12-8-11-22(4)5)17-15-9-6-7-10-16(15)18(24)14(3)19(17)25-20/h6-7,9-10,13,20-21,24H,8,11-12H2,1-5H3. The fourth-order valence-electron chi connectivity index (χ4n) is 3.42. The lowest BCUT2D eigenvalue weighted by atomic mass is 10.0. The van der Waals surface area contributed by atoms with Crippen molar-refractivity contribution in [3.63, 3.8) is 0 Å². The summed E-state index contributed by atoms with van der Waals surface area (Å²) in [5.41, 5.74) is 2.47. The zero-order chi connectivity index (χ0) is 18.1. The number of nitrogens with zero attached hydrogens (tertiary/aromatic N) is 2. The van der Waals surface area contributed by atoms with Crippen molar-refractivity contribution in [3.05, 3.63) is 29.8 Å². The number of hydrogen-bond donors (Lipinski definition) is 2. The van der Waals surface area contributed by atoms with E-state index in [2.05, 4.69) is 55.2 Å². The highest BCUT2D eigenvalue weighted by atomic mass is 32.2. The lowest BCUT2D eigenvalue weighted by Gasteiger charge is -2.30. The number of thioether (sulfide) groups is 1. The lowest BCUT2D eigenvalue weighted by molar-refractivity contribution is 0.397. The molecule has 1 unspecified atom stereocenters. The molecule has 2 N–H and O–H groups in total. The average Bonchev–Trinajstić information content (AvgIpc) is 2.90. The Morgan fingerprint density at radius 1 is 1.24 bits per heavy atom. The number of nitrogens with one attached hydrogen (secondary N) is 1. The molecule has 2 aromatic carbocycles. The second-order valence-electron chi connectivity index (χ2n) is 7.34. The van der Waals surface area contributed by atoms with Gasteiger partial charge in [0.1, 0.15) is 11.2 Å². The summed E-state index contributed by atoms with van der Waals surface area (Å²) < 4.78 is 0. The van der Waals surface area contributed by atoms with E-state index in [1.165, 1.54) is 10.6 Å². The average molecular weight is 360 g/mol. The molecule has 0 spiro atoms. The maximum Gasteiger partial charge on any atom is 0.133 e. The van der Waals surface area contributed by atoms with Gasteiger partial charge in [0.05, 0.1) is 5.69 Å². The van der Waals surface area contributed by atoms with Crippen molar-refractivity contribution < 1.29 is 5.11 Å². The molecule has 0 fully saturated rings. The molecule has 136 valence electrons. The van der Waals surface area contributed by atoms with Crippen molar-refractivity contribution in [2.75, 3.05) is 32.1 Å². The molecule has 0 aliphatic carbocycles. The van der Waals surface area contributed by atoms with Crippen LogP contribution in [0.3, 0.4) is 0 Å². The lowest BCUT2D eigenvalue weighted by Crippen LogP contribution is -2.44. The van der Waals surface area contributed by atoms with E-state index in [-0.39, 0.29) is 5.50 Å². The first-order valence-corrected chi connectivity index (χ1v) is 9.86. The van der Waals surface area contributed by atoms with E-state index >= 15 is 0 Å². The predicted molar refractivity (Wildman–Crippen MR) is 109 cm³/mol. The smallest absolute Gasteiger partial charge is 0.133 e. The van der Waals surface area contributed by atoms with Crippen molar-refractivity contribution in [2.24, 2.45) is 0 Å². The Bertz CT molecular complexity index is 760. The number of aromatic hydroxyl groups is 1. The number of hydrogen-bond acceptors (Lipinski definition) is 5. The molecule has 25 heavy (non-hydrogen) atoms. The van der Waals surface area contributed by atoms with Crippen molar-refractivity contribution in [2.45, 2.75) is 43.6 Å².